The second-order valence-electron chi connectivity index (χ2n) is 5.38. The molecule has 1 saturated heterocycles. The van der Waals surface area contributed by atoms with Crippen LogP contribution in [0.4, 0.5) is 18.9 Å². The van der Waals surface area contributed by atoms with Crippen LogP contribution in [0.2, 0.25) is 0 Å². The topological polar surface area (TPSA) is 49.6 Å². The van der Waals surface area contributed by atoms with Crippen LogP contribution in [0, 0.1) is 0 Å². The molecule has 0 radical (unpaired) electrons. The SMILES string of the molecule is CC1CN(C(=O)c2cc(C(F)(F)F)ccc2N)CCN1C. The van der Waals surface area contributed by atoms with Crippen LogP contribution in [0.1, 0.15) is 22.8 Å². The first-order chi connectivity index (χ1) is 9.70. The van der Waals surface area contributed by atoms with Gasteiger partial charge in [-0.25, -0.2) is 0 Å². The normalized spacial score (nSPS) is 20.6. The molecule has 2 N–H and O–H groups in total. The molecule has 1 heterocycles. The van der Waals surface area contributed by atoms with Gasteiger partial charge < -0.3 is 15.5 Å². The van der Waals surface area contributed by atoms with Crippen LogP contribution in [0.5, 0.6) is 0 Å². The zero-order valence-electron chi connectivity index (χ0n) is 11.9. The summed E-state index contributed by atoms with van der Waals surface area (Å²) in [6, 6.07) is 3.02. The van der Waals surface area contributed by atoms with Crippen LogP contribution in [-0.2, 0) is 6.18 Å². The van der Waals surface area contributed by atoms with Gasteiger partial charge in [0.1, 0.15) is 0 Å². The molecular weight excluding hydrogens is 283 g/mol. The molecule has 0 bridgehead atoms. The van der Waals surface area contributed by atoms with Gasteiger partial charge >= 0.3 is 6.18 Å². The number of carbonyl (C=O) groups is 1. The number of nitrogens with zero attached hydrogens (tertiary/aromatic N) is 2. The highest BCUT2D eigenvalue weighted by Gasteiger charge is 2.33. The van der Waals surface area contributed by atoms with E-state index in [1.165, 1.54) is 0 Å². The zero-order valence-corrected chi connectivity index (χ0v) is 11.9. The first-order valence-corrected chi connectivity index (χ1v) is 6.66. The number of benzene rings is 1. The zero-order chi connectivity index (χ0) is 15.8. The molecule has 7 heteroatoms. The number of carbonyl (C=O) groups excluding carboxylic acids is 1. The highest BCUT2D eigenvalue weighted by Crippen LogP contribution is 2.31. The van der Waals surface area contributed by atoms with Crippen molar-refractivity contribution in [3.8, 4) is 0 Å². The van der Waals surface area contributed by atoms with Gasteiger partial charge in [0.05, 0.1) is 11.1 Å². The number of nitrogen functional groups attached to an aromatic ring is 1. The van der Waals surface area contributed by atoms with E-state index in [-0.39, 0.29) is 17.3 Å². The molecule has 1 aromatic rings. The van der Waals surface area contributed by atoms with Crippen LogP contribution in [0.15, 0.2) is 18.2 Å². The van der Waals surface area contributed by atoms with Gasteiger partial charge in [0, 0.05) is 31.4 Å². The summed E-state index contributed by atoms with van der Waals surface area (Å²) in [5.74, 6) is -0.446. The summed E-state index contributed by atoms with van der Waals surface area (Å²) in [5, 5.41) is 0. The fraction of sp³-hybridized carbons (Fsp3) is 0.500. The lowest BCUT2D eigenvalue weighted by Crippen LogP contribution is -2.52. The molecule has 1 aliphatic rings. The summed E-state index contributed by atoms with van der Waals surface area (Å²) in [7, 11) is 1.95. The lowest BCUT2D eigenvalue weighted by molar-refractivity contribution is -0.137. The predicted molar refractivity (Wildman–Crippen MR) is 73.9 cm³/mol. The average molecular weight is 301 g/mol. The number of anilines is 1. The number of alkyl halides is 3. The van der Waals surface area contributed by atoms with Crippen molar-refractivity contribution in [1.82, 2.24) is 9.80 Å². The van der Waals surface area contributed by atoms with Crippen molar-refractivity contribution < 1.29 is 18.0 Å². The Morgan fingerprint density at radius 1 is 1.33 bits per heavy atom. The Kier molecular flexibility index (Phi) is 4.13. The molecule has 4 nitrogen and oxygen atoms in total. The van der Waals surface area contributed by atoms with E-state index in [4.69, 9.17) is 5.73 Å². The molecule has 0 saturated carbocycles. The molecule has 2 rings (SSSR count). The van der Waals surface area contributed by atoms with E-state index in [0.717, 1.165) is 18.2 Å². The average Bonchev–Trinajstić information content (AvgIpc) is 2.40. The third-order valence-corrected chi connectivity index (χ3v) is 3.86. The van der Waals surface area contributed by atoms with E-state index >= 15 is 0 Å². The molecule has 1 unspecified atom stereocenters. The Balaban J connectivity index is 2.27. The van der Waals surface area contributed by atoms with Gasteiger partial charge in [0.15, 0.2) is 0 Å². The maximum atomic E-state index is 12.7. The van der Waals surface area contributed by atoms with Crippen molar-refractivity contribution in [1.29, 1.82) is 0 Å². The first-order valence-electron chi connectivity index (χ1n) is 6.66. The number of amides is 1. The molecule has 1 aliphatic heterocycles. The van der Waals surface area contributed by atoms with Gasteiger partial charge in [0.2, 0.25) is 0 Å². The molecule has 0 aromatic heterocycles. The van der Waals surface area contributed by atoms with E-state index < -0.39 is 17.6 Å². The highest BCUT2D eigenvalue weighted by molar-refractivity contribution is 5.99. The summed E-state index contributed by atoms with van der Waals surface area (Å²) in [5.41, 5.74) is 4.81. The Bertz CT molecular complexity index is 545. The van der Waals surface area contributed by atoms with Crippen LogP contribution in [0.3, 0.4) is 0 Å². The molecule has 1 fully saturated rings. The van der Waals surface area contributed by atoms with E-state index in [1.807, 2.05) is 14.0 Å². The van der Waals surface area contributed by atoms with Crippen LogP contribution >= 0.6 is 0 Å². The lowest BCUT2D eigenvalue weighted by atomic mass is 10.1. The fourth-order valence-electron chi connectivity index (χ4n) is 2.32. The number of rotatable bonds is 1. The van der Waals surface area contributed by atoms with E-state index in [9.17, 15) is 18.0 Å². The molecular formula is C14H18F3N3O. The van der Waals surface area contributed by atoms with Gasteiger partial charge in [-0.05, 0) is 32.2 Å². The summed E-state index contributed by atoms with van der Waals surface area (Å²) < 4.78 is 38.2. The maximum absolute atomic E-state index is 12.7. The van der Waals surface area contributed by atoms with Gasteiger partial charge in [0.25, 0.3) is 5.91 Å². The minimum atomic E-state index is -4.49. The largest absolute Gasteiger partial charge is 0.416 e. The second kappa shape index (κ2) is 5.55. The molecule has 116 valence electrons. The Labute approximate surface area is 121 Å². The first kappa shape index (κ1) is 15.6. The molecule has 0 aliphatic carbocycles. The minimum absolute atomic E-state index is 0.0691. The van der Waals surface area contributed by atoms with Crippen LogP contribution in [-0.4, -0.2) is 48.4 Å². The Hall–Kier alpha value is -1.76. The van der Waals surface area contributed by atoms with Gasteiger partial charge in [-0.2, -0.15) is 13.2 Å². The summed E-state index contributed by atoms with van der Waals surface area (Å²) in [6.07, 6.45) is -4.49. The predicted octanol–water partition coefficient (Wildman–Crippen LogP) is 2.06. The maximum Gasteiger partial charge on any atom is 0.416 e. The van der Waals surface area contributed by atoms with Gasteiger partial charge in [-0.3, -0.25) is 4.79 Å². The number of nitrogens with two attached hydrogens (primary N) is 1. The number of piperazine rings is 1. The van der Waals surface area contributed by atoms with Crippen molar-refractivity contribution in [2.75, 3.05) is 32.4 Å². The Morgan fingerprint density at radius 3 is 2.57 bits per heavy atom. The molecule has 1 aromatic carbocycles. The lowest BCUT2D eigenvalue weighted by Gasteiger charge is -2.37. The smallest absolute Gasteiger partial charge is 0.398 e. The molecule has 1 atom stereocenters. The van der Waals surface area contributed by atoms with E-state index in [2.05, 4.69) is 4.90 Å². The monoisotopic (exact) mass is 301 g/mol. The third kappa shape index (κ3) is 3.29. The van der Waals surface area contributed by atoms with Crippen LogP contribution < -0.4 is 5.73 Å². The quantitative estimate of drug-likeness (QED) is 0.808. The number of hydrogen-bond acceptors (Lipinski definition) is 3. The molecule has 0 spiro atoms. The Morgan fingerprint density at radius 2 is 2.00 bits per heavy atom. The van der Waals surface area contributed by atoms with Crippen LogP contribution in [0.25, 0.3) is 0 Å². The highest BCUT2D eigenvalue weighted by atomic mass is 19.4. The van der Waals surface area contributed by atoms with Crippen molar-refractivity contribution in [3.63, 3.8) is 0 Å². The molecule has 1 amide bonds. The summed E-state index contributed by atoms with van der Waals surface area (Å²) >= 11 is 0. The number of hydrogen-bond donors (Lipinski definition) is 1. The van der Waals surface area contributed by atoms with Gasteiger partial charge in [-0.1, -0.05) is 0 Å². The minimum Gasteiger partial charge on any atom is -0.398 e. The van der Waals surface area contributed by atoms with Gasteiger partial charge in [-0.15, -0.1) is 0 Å². The standard InChI is InChI=1S/C14H18F3N3O/c1-9-8-20(6-5-19(9)2)13(21)11-7-10(14(15,16)17)3-4-12(11)18/h3-4,7,9H,5-6,8,18H2,1-2H3. The second-order valence-corrected chi connectivity index (χ2v) is 5.38. The number of halogens is 3. The summed E-state index contributed by atoms with van der Waals surface area (Å²) in [4.78, 5) is 16.1. The number of likely N-dealkylation sites (N-methyl/N-ethyl adjacent to an activating group) is 1. The molecule has 21 heavy (non-hydrogen) atoms. The third-order valence-electron chi connectivity index (χ3n) is 3.86. The van der Waals surface area contributed by atoms with E-state index in [1.54, 1.807) is 4.90 Å². The van der Waals surface area contributed by atoms with Crippen molar-refractivity contribution in [2.24, 2.45) is 0 Å². The van der Waals surface area contributed by atoms with E-state index in [0.29, 0.717) is 19.6 Å². The van der Waals surface area contributed by atoms with Crippen molar-refractivity contribution in [2.45, 2.75) is 19.1 Å². The van der Waals surface area contributed by atoms with Crippen molar-refractivity contribution in [3.05, 3.63) is 29.3 Å². The summed E-state index contributed by atoms with van der Waals surface area (Å²) in [6.45, 7) is 3.61. The van der Waals surface area contributed by atoms with Crippen molar-refractivity contribution >= 4 is 11.6 Å². The fourth-order valence-corrected chi connectivity index (χ4v) is 2.32.